The van der Waals surface area contributed by atoms with Crippen LogP contribution in [-0.4, -0.2) is 27.2 Å². The highest BCUT2D eigenvalue weighted by Gasteiger charge is 2.45. The highest BCUT2D eigenvalue weighted by Crippen LogP contribution is 2.52. The zero-order valence-corrected chi connectivity index (χ0v) is 19.5. The van der Waals surface area contributed by atoms with Crippen LogP contribution in [-0.2, 0) is 9.59 Å². The number of amides is 1. The van der Waals surface area contributed by atoms with Crippen LogP contribution >= 0.6 is 35.0 Å². The molecule has 1 amide bonds. The van der Waals surface area contributed by atoms with Gasteiger partial charge in [0.05, 0.1) is 23.1 Å². The zero-order chi connectivity index (χ0) is 23.1. The maximum atomic E-state index is 13.7. The third kappa shape index (κ3) is 3.99. The van der Waals surface area contributed by atoms with Crippen LogP contribution in [0.4, 0.5) is 5.69 Å². The van der Waals surface area contributed by atoms with Gasteiger partial charge in [-0.2, -0.15) is 0 Å². The van der Waals surface area contributed by atoms with E-state index < -0.39 is 16.6 Å². The van der Waals surface area contributed by atoms with Crippen LogP contribution in [0.3, 0.4) is 0 Å². The number of carbonyl (C=O) groups is 2. The Morgan fingerprint density at radius 2 is 1.76 bits per heavy atom. The number of H-pyrrole nitrogens is 1. The van der Waals surface area contributed by atoms with Gasteiger partial charge in [0.2, 0.25) is 5.91 Å². The predicted octanol–water partition coefficient (Wildman–Crippen LogP) is 6.76. The molecule has 4 aromatic rings. The van der Waals surface area contributed by atoms with Gasteiger partial charge < -0.3 is 10.1 Å². The number of carboxylic acid groups (broad SMARTS) is 1. The molecule has 33 heavy (non-hydrogen) atoms. The molecule has 2 heterocycles. The number of hydrogen-bond donors (Lipinski definition) is 2. The van der Waals surface area contributed by atoms with Gasteiger partial charge in [0.1, 0.15) is 5.37 Å². The van der Waals surface area contributed by atoms with E-state index in [1.54, 1.807) is 23.1 Å². The topological polar surface area (TPSA) is 73.4 Å². The fourth-order valence-electron chi connectivity index (χ4n) is 4.17. The van der Waals surface area contributed by atoms with Crippen LogP contribution in [0.1, 0.15) is 17.4 Å². The molecule has 3 aromatic carbocycles. The Bertz CT molecular complexity index is 1370. The maximum Gasteiger partial charge on any atom is 0.305 e. The van der Waals surface area contributed by atoms with Gasteiger partial charge in [0.25, 0.3) is 0 Å². The number of thioether (sulfide) groups is 1. The smallest absolute Gasteiger partial charge is 0.305 e. The summed E-state index contributed by atoms with van der Waals surface area (Å²) in [6.45, 7) is 0. The summed E-state index contributed by atoms with van der Waals surface area (Å²) in [6, 6.07) is 22.7. The molecule has 1 aliphatic rings. The molecule has 5 nitrogen and oxygen atoms in total. The van der Waals surface area contributed by atoms with Crippen molar-refractivity contribution in [1.29, 1.82) is 0 Å². The molecule has 5 rings (SSSR count). The first kappa shape index (κ1) is 21.9. The lowest BCUT2D eigenvalue weighted by atomic mass is 10.1. The average Bonchev–Trinajstić information content (AvgIpc) is 3.31. The third-order valence-electron chi connectivity index (χ3n) is 5.61. The van der Waals surface area contributed by atoms with Crippen LogP contribution in [0.2, 0.25) is 10.0 Å². The number of aromatic amines is 1. The predicted molar refractivity (Wildman–Crippen MR) is 134 cm³/mol. The summed E-state index contributed by atoms with van der Waals surface area (Å²) < 4.78 is 0. The van der Waals surface area contributed by atoms with E-state index in [1.165, 1.54) is 11.8 Å². The van der Waals surface area contributed by atoms with Crippen molar-refractivity contribution in [3.05, 3.63) is 88.4 Å². The Morgan fingerprint density at radius 3 is 2.48 bits per heavy atom. The number of carboxylic acids is 1. The Kier molecular flexibility index (Phi) is 5.83. The van der Waals surface area contributed by atoms with Crippen molar-refractivity contribution in [1.82, 2.24) is 4.98 Å². The van der Waals surface area contributed by atoms with E-state index in [2.05, 4.69) is 4.98 Å². The first-order valence-electron chi connectivity index (χ1n) is 10.3. The molecule has 0 bridgehead atoms. The van der Waals surface area contributed by atoms with Crippen LogP contribution in [0, 0.1) is 0 Å². The minimum absolute atomic E-state index is 0.264. The van der Waals surface area contributed by atoms with E-state index in [4.69, 9.17) is 23.2 Å². The Hall–Kier alpha value is -2.93. The second-order valence-electron chi connectivity index (χ2n) is 7.71. The number of rotatable bonds is 5. The van der Waals surface area contributed by atoms with Gasteiger partial charge >= 0.3 is 5.97 Å². The van der Waals surface area contributed by atoms with Crippen molar-refractivity contribution in [3.63, 3.8) is 0 Å². The van der Waals surface area contributed by atoms with E-state index in [0.717, 1.165) is 22.2 Å². The maximum absolute atomic E-state index is 13.7. The summed E-state index contributed by atoms with van der Waals surface area (Å²) in [4.78, 5) is 30.3. The van der Waals surface area contributed by atoms with Crippen LogP contribution in [0.25, 0.3) is 22.2 Å². The van der Waals surface area contributed by atoms with Gasteiger partial charge in [0.15, 0.2) is 0 Å². The minimum atomic E-state index is -1.02. The molecule has 2 unspecified atom stereocenters. The van der Waals surface area contributed by atoms with Crippen molar-refractivity contribution in [3.8, 4) is 11.3 Å². The minimum Gasteiger partial charge on any atom is -0.481 e. The van der Waals surface area contributed by atoms with Crippen molar-refractivity contribution in [2.24, 2.45) is 0 Å². The number of hydrogen-bond acceptors (Lipinski definition) is 3. The quantitative estimate of drug-likeness (QED) is 0.319. The Balaban J connectivity index is 1.74. The summed E-state index contributed by atoms with van der Waals surface area (Å²) in [5.74, 6) is -1.29. The van der Waals surface area contributed by atoms with Gasteiger partial charge in [-0.05, 0) is 18.2 Å². The van der Waals surface area contributed by atoms with E-state index in [0.29, 0.717) is 21.3 Å². The molecule has 0 spiro atoms. The molecule has 1 aromatic heterocycles. The summed E-state index contributed by atoms with van der Waals surface area (Å²) in [7, 11) is 0. The largest absolute Gasteiger partial charge is 0.481 e. The Labute approximate surface area is 204 Å². The van der Waals surface area contributed by atoms with Crippen molar-refractivity contribution in [2.75, 3.05) is 4.90 Å². The number of carbonyl (C=O) groups excluding carboxylic acids is 1. The number of nitrogens with one attached hydrogen (secondary N) is 1. The SMILES string of the molecule is O=C(O)CC1SC(c2ccc(Cl)cc2Cl)N(c2c(-c3ccccc3)[nH]c3ccccc23)C1=O. The number of aromatic nitrogens is 1. The summed E-state index contributed by atoms with van der Waals surface area (Å²) in [5.41, 5.74) is 4.00. The van der Waals surface area contributed by atoms with E-state index in [9.17, 15) is 14.7 Å². The normalized spacial score (nSPS) is 18.2. The number of halogens is 2. The Morgan fingerprint density at radius 1 is 1.03 bits per heavy atom. The van der Waals surface area contributed by atoms with Crippen molar-refractivity contribution < 1.29 is 14.7 Å². The zero-order valence-electron chi connectivity index (χ0n) is 17.2. The molecule has 2 atom stereocenters. The van der Waals surface area contributed by atoms with Crippen LogP contribution in [0.15, 0.2) is 72.8 Å². The highest BCUT2D eigenvalue weighted by molar-refractivity contribution is 8.01. The molecule has 0 saturated carbocycles. The van der Waals surface area contributed by atoms with Gasteiger partial charge in [0, 0.05) is 32.1 Å². The molecule has 1 aliphatic heterocycles. The second kappa shape index (κ2) is 8.78. The molecular formula is C25H18Cl2N2O3S. The molecule has 1 fully saturated rings. The molecule has 0 aliphatic carbocycles. The third-order valence-corrected chi connectivity index (χ3v) is 7.59. The lowest BCUT2D eigenvalue weighted by molar-refractivity contribution is -0.138. The molecule has 1 saturated heterocycles. The lowest BCUT2D eigenvalue weighted by Gasteiger charge is -2.26. The number of benzene rings is 3. The number of anilines is 1. The number of fused-ring (bicyclic) bond motifs is 1. The van der Waals surface area contributed by atoms with E-state index >= 15 is 0 Å². The fourth-order valence-corrected chi connectivity index (χ4v) is 6.21. The lowest BCUT2D eigenvalue weighted by Crippen LogP contribution is -2.32. The molecule has 8 heteroatoms. The average molecular weight is 497 g/mol. The second-order valence-corrected chi connectivity index (χ2v) is 9.84. The fraction of sp³-hybridized carbons (Fsp3) is 0.120. The first-order valence-corrected chi connectivity index (χ1v) is 12.0. The standard InChI is InChI=1S/C25H18Cl2N2O3S/c26-15-10-11-16(18(27)12-15)25-29(24(32)20(33-25)13-21(30)31)23-17-8-4-5-9-19(17)28-22(23)14-6-2-1-3-7-14/h1-12,20,25,28H,13H2,(H,30,31). The van der Waals surface area contributed by atoms with E-state index in [-0.39, 0.29) is 12.3 Å². The summed E-state index contributed by atoms with van der Waals surface area (Å²) >= 11 is 14.0. The highest BCUT2D eigenvalue weighted by atomic mass is 35.5. The summed E-state index contributed by atoms with van der Waals surface area (Å²) in [6.07, 6.45) is -0.273. The van der Waals surface area contributed by atoms with Gasteiger partial charge in [-0.3, -0.25) is 14.5 Å². The molecular weight excluding hydrogens is 479 g/mol. The number of nitrogens with zero attached hydrogens (tertiary/aromatic N) is 1. The van der Waals surface area contributed by atoms with Crippen molar-refractivity contribution in [2.45, 2.75) is 17.0 Å². The summed E-state index contributed by atoms with van der Waals surface area (Å²) in [5, 5.41) is 9.97. The molecule has 0 radical (unpaired) electrons. The van der Waals surface area contributed by atoms with Gasteiger partial charge in [-0.25, -0.2) is 0 Å². The van der Waals surface area contributed by atoms with Gasteiger partial charge in [-0.15, -0.1) is 11.8 Å². The number of para-hydroxylation sites is 1. The van der Waals surface area contributed by atoms with Gasteiger partial charge in [-0.1, -0.05) is 77.8 Å². The van der Waals surface area contributed by atoms with Crippen LogP contribution < -0.4 is 4.90 Å². The van der Waals surface area contributed by atoms with Crippen LogP contribution in [0.5, 0.6) is 0 Å². The van der Waals surface area contributed by atoms with E-state index in [1.807, 2.05) is 54.6 Å². The van der Waals surface area contributed by atoms with Crippen molar-refractivity contribution >= 4 is 63.4 Å². The monoisotopic (exact) mass is 496 g/mol. The molecule has 2 N–H and O–H groups in total. The molecule has 166 valence electrons. The number of aliphatic carboxylic acids is 1. The first-order chi connectivity index (χ1) is 15.9.